The second-order valence-corrected chi connectivity index (χ2v) is 5.18. The molecule has 0 saturated carbocycles. The molecule has 21 heavy (non-hydrogen) atoms. The minimum atomic E-state index is 0.523. The lowest BCUT2D eigenvalue weighted by Crippen LogP contribution is -2.08. The first-order valence-corrected chi connectivity index (χ1v) is 7.52. The molecule has 3 nitrogen and oxygen atoms in total. The van der Waals surface area contributed by atoms with E-state index in [9.17, 15) is 0 Å². The van der Waals surface area contributed by atoms with Gasteiger partial charge in [0.25, 0.3) is 0 Å². The third-order valence-corrected chi connectivity index (χ3v) is 3.63. The summed E-state index contributed by atoms with van der Waals surface area (Å²) in [6.07, 6.45) is 1.06. The fraction of sp³-hybridized carbons (Fsp3) is 0.333. The predicted molar refractivity (Wildman–Crippen MR) is 90.0 cm³/mol. The number of nitrogens with one attached hydrogen (secondary N) is 1. The summed E-state index contributed by atoms with van der Waals surface area (Å²) in [7, 11) is 0. The van der Waals surface area contributed by atoms with E-state index in [-0.39, 0.29) is 0 Å². The van der Waals surface area contributed by atoms with Crippen molar-refractivity contribution >= 4 is 11.4 Å². The predicted octanol–water partition coefficient (Wildman–Crippen LogP) is 4.27. The van der Waals surface area contributed by atoms with Gasteiger partial charge < -0.3 is 15.8 Å². The molecule has 0 radical (unpaired) electrons. The molecule has 0 bridgehead atoms. The summed E-state index contributed by atoms with van der Waals surface area (Å²) in [5.41, 5.74) is 9.11. The van der Waals surface area contributed by atoms with Crippen LogP contribution in [0.5, 0.6) is 5.75 Å². The maximum Gasteiger partial charge on any atom is 0.144 e. The standard InChI is InChI=1S/C18H24N2O/c1-3-21-17-11-7-10-16(18(17)19)20-13-12-14(2)15-8-5-4-6-9-15/h4-11,14,20H,3,12-13,19H2,1-2H3. The molecule has 2 aromatic carbocycles. The van der Waals surface area contributed by atoms with Crippen LogP contribution in [0.1, 0.15) is 31.7 Å². The van der Waals surface area contributed by atoms with Gasteiger partial charge in [0.1, 0.15) is 5.75 Å². The highest BCUT2D eigenvalue weighted by Crippen LogP contribution is 2.29. The van der Waals surface area contributed by atoms with Gasteiger partial charge in [-0.15, -0.1) is 0 Å². The Morgan fingerprint density at radius 3 is 2.57 bits per heavy atom. The van der Waals surface area contributed by atoms with E-state index in [0.717, 1.165) is 24.4 Å². The van der Waals surface area contributed by atoms with E-state index in [2.05, 4.69) is 36.5 Å². The number of hydrogen-bond acceptors (Lipinski definition) is 3. The van der Waals surface area contributed by atoms with Crippen molar-refractivity contribution in [1.82, 2.24) is 0 Å². The molecule has 0 fully saturated rings. The summed E-state index contributed by atoms with van der Waals surface area (Å²) in [4.78, 5) is 0. The van der Waals surface area contributed by atoms with Crippen LogP contribution in [0.4, 0.5) is 11.4 Å². The minimum absolute atomic E-state index is 0.523. The molecule has 0 amide bonds. The van der Waals surface area contributed by atoms with Crippen LogP contribution in [0.25, 0.3) is 0 Å². The van der Waals surface area contributed by atoms with Crippen LogP contribution in [0.3, 0.4) is 0 Å². The second-order valence-electron chi connectivity index (χ2n) is 5.18. The van der Waals surface area contributed by atoms with Crippen molar-refractivity contribution in [2.75, 3.05) is 24.2 Å². The highest BCUT2D eigenvalue weighted by Gasteiger charge is 2.07. The monoisotopic (exact) mass is 284 g/mol. The third-order valence-electron chi connectivity index (χ3n) is 3.63. The smallest absolute Gasteiger partial charge is 0.144 e. The van der Waals surface area contributed by atoms with Gasteiger partial charge in [-0.3, -0.25) is 0 Å². The zero-order chi connectivity index (χ0) is 15.1. The molecule has 1 unspecified atom stereocenters. The lowest BCUT2D eigenvalue weighted by atomic mass is 9.98. The average Bonchev–Trinajstić information content (AvgIpc) is 2.52. The number of nitrogen functional groups attached to an aromatic ring is 1. The molecular weight excluding hydrogens is 260 g/mol. The fourth-order valence-electron chi connectivity index (χ4n) is 2.35. The molecule has 0 aliphatic carbocycles. The number of ether oxygens (including phenoxy) is 1. The first-order chi connectivity index (χ1) is 10.2. The molecule has 0 aliphatic heterocycles. The van der Waals surface area contributed by atoms with E-state index in [0.29, 0.717) is 18.2 Å². The van der Waals surface area contributed by atoms with Gasteiger partial charge in [0.2, 0.25) is 0 Å². The largest absolute Gasteiger partial charge is 0.492 e. The van der Waals surface area contributed by atoms with Crippen LogP contribution >= 0.6 is 0 Å². The molecule has 3 heteroatoms. The quantitative estimate of drug-likeness (QED) is 0.746. The van der Waals surface area contributed by atoms with Crippen LogP contribution in [0.2, 0.25) is 0 Å². The van der Waals surface area contributed by atoms with E-state index in [1.807, 2.05) is 31.2 Å². The maximum atomic E-state index is 6.11. The van der Waals surface area contributed by atoms with E-state index >= 15 is 0 Å². The zero-order valence-electron chi connectivity index (χ0n) is 12.8. The van der Waals surface area contributed by atoms with Crippen LogP contribution < -0.4 is 15.8 Å². The highest BCUT2D eigenvalue weighted by atomic mass is 16.5. The molecular formula is C18H24N2O. The van der Waals surface area contributed by atoms with Crippen molar-refractivity contribution in [2.24, 2.45) is 0 Å². The second kappa shape index (κ2) is 7.58. The van der Waals surface area contributed by atoms with E-state index in [4.69, 9.17) is 10.5 Å². The lowest BCUT2D eigenvalue weighted by molar-refractivity contribution is 0.342. The summed E-state index contributed by atoms with van der Waals surface area (Å²) < 4.78 is 5.51. The average molecular weight is 284 g/mol. The van der Waals surface area contributed by atoms with E-state index in [1.165, 1.54) is 5.56 Å². The first kappa shape index (κ1) is 15.2. The van der Waals surface area contributed by atoms with Crippen molar-refractivity contribution in [3.8, 4) is 5.75 Å². The summed E-state index contributed by atoms with van der Waals surface area (Å²) >= 11 is 0. The third kappa shape index (κ3) is 4.15. The first-order valence-electron chi connectivity index (χ1n) is 7.52. The van der Waals surface area contributed by atoms with Crippen LogP contribution in [0, 0.1) is 0 Å². The van der Waals surface area contributed by atoms with Gasteiger partial charge in [-0.1, -0.05) is 43.3 Å². The molecule has 2 aromatic rings. The number of para-hydroxylation sites is 1. The highest BCUT2D eigenvalue weighted by molar-refractivity contribution is 5.72. The van der Waals surface area contributed by atoms with Crippen LogP contribution in [0.15, 0.2) is 48.5 Å². The lowest BCUT2D eigenvalue weighted by Gasteiger charge is -2.15. The Morgan fingerprint density at radius 2 is 1.86 bits per heavy atom. The van der Waals surface area contributed by atoms with Gasteiger partial charge in [0, 0.05) is 6.54 Å². The van der Waals surface area contributed by atoms with E-state index in [1.54, 1.807) is 0 Å². The number of anilines is 2. The Kier molecular flexibility index (Phi) is 5.50. The Labute approximate surface area is 127 Å². The number of nitrogens with two attached hydrogens (primary N) is 1. The number of benzene rings is 2. The van der Waals surface area contributed by atoms with Crippen molar-refractivity contribution in [2.45, 2.75) is 26.2 Å². The molecule has 2 rings (SSSR count). The molecule has 0 aliphatic rings. The summed E-state index contributed by atoms with van der Waals surface area (Å²) in [5, 5.41) is 3.41. The van der Waals surface area contributed by atoms with Crippen molar-refractivity contribution in [3.05, 3.63) is 54.1 Å². The van der Waals surface area contributed by atoms with Gasteiger partial charge in [0.15, 0.2) is 0 Å². The van der Waals surface area contributed by atoms with Crippen molar-refractivity contribution in [1.29, 1.82) is 0 Å². The van der Waals surface area contributed by atoms with Crippen LogP contribution in [-0.2, 0) is 0 Å². The molecule has 0 aromatic heterocycles. The van der Waals surface area contributed by atoms with E-state index < -0.39 is 0 Å². The number of hydrogen-bond donors (Lipinski definition) is 2. The van der Waals surface area contributed by atoms with Gasteiger partial charge in [-0.2, -0.15) is 0 Å². The minimum Gasteiger partial charge on any atom is -0.492 e. The fourth-order valence-corrected chi connectivity index (χ4v) is 2.35. The van der Waals surface area contributed by atoms with Crippen molar-refractivity contribution < 1.29 is 4.74 Å². The summed E-state index contributed by atoms with van der Waals surface area (Å²) in [6, 6.07) is 16.4. The number of rotatable bonds is 7. The SMILES string of the molecule is CCOc1cccc(NCCC(C)c2ccccc2)c1N. The van der Waals surface area contributed by atoms with Crippen LogP contribution in [-0.4, -0.2) is 13.2 Å². The topological polar surface area (TPSA) is 47.3 Å². The zero-order valence-corrected chi connectivity index (χ0v) is 12.8. The molecule has 112 valence electrons. The Balaban J connectivity index is 1.90. The van der Waals surface area contributed by atoms with Crippen molar-refractivity contribution in [3.63, 3.8) is 0 Å². The Hall–Kier alpha value is -2.16. The molecule has 0 spiro atoms. The summed E-state index contributed by atoms with van der Waals surface area (Å²) in [5.74, 6) is 1.27. The molecule has 3 N–H and O–H groups in total. The van der Waals surface area contributed by atoms with Gasteiger partial charge in [-0.05, 0) is 37.0 Å². The maximum absolute atomic E-state index is 6.11. The van der Waals surface area contributed by atoms with Gasteiger partial charge in [-0.25, -0.2) is 0 Å². The molecule has 0 saturated heterocycles. The van der Waals surface area contributed by atoms with Gasteiger partial charge >= 0.3 is 0 Å². The Bertz CT molecular complexity index is 554. The van der Waals surface area contributed by atoms with Gasteiger partial charge in [0.05, 0.1) is 18.0 Å². The normalized spacial score (nSPS) is 11.9. The molecule has 1 atom stereocenters. The molecule has 0 heterocycles. The summed E-state index contributed by atoms with van der Waals surface area (Å²) in [6.45, 7) is 5.71. The Morgan fingerprint density at radius 1 is 1.10 bits per heavy atom.